The van der Waals surface area contributed by atoms with Crippen LogP contribution in [0, 0.1) is 18.3 Å². The van der Waals surface area contributed by atoms with Crippen LogP contribution in [-0.4, -0.2) is 9.78 Å². The monoisotopic (exact) mass is 191 g/mol. The van der Waals surface area contributed by atoms with Crippen LogP contribution in [0.15, 0.2) is 6.20 Å². The fraction of sp³-hybridized carbons (Fsp3) is 0.727. The Morgan fingerprint density at radius 2 is 2.36 bits per heavy atom. The summed E-state index contributed by atoms with van der Waals surface area (Å²) in [5.74, 6) is 0.741. The third-order valence-electron chi connectivity index (χ3n) is 3.99. The summed E-state index contributed by atoms with van der Waals surface area (Å²) < 4.78 is 1.87. The first kappa shape index (κ1) is 8.48. The molecule has 3 nitrogen and oxygen atoms in total. The van der Waals surface area contributed by atoms with Crippen LogP contribution in [0.5, 0.6) is 0 Å². The number of aromatic nitrogens is 2. The van der Waals surface area contributed by atoms with Gasteiger partial charge in [0, 0.05) is 24.8 Å². The fourth-order valence-corrected chi connectivity index (χ4v) is 2.78. The zero-order valence-electron chi connectivity index (χ0n) is 8.83. The van der Waals surface area contributed by atoms with Gasteiger partial charge in [0.25, 0.3) is 0 Å². The van der Waals surface area contributed by atoms with E-state index in [2.05, 4.69) is 18.2 Å². The molecule has 0 aromatic carbocycles. The molecule has 1 aromatic heterocycles. The summed E-state index contributed by atoms with van der Waals surface area (Å²) >= 11 is 0. The van der Waals surface area contributed by atoms with Crippen molar-refractivity contribution in [1.29, 1.82) is 0 Å². The van der Waals surface area contributed by atoms with Gasteiger partial charge >= 0.3 is 0 Å². The van der Waals surface area contributed by atoms with E-state index in [1.807, 2.05) is 11.7 Å². The molecule has 76 valence electrons. The molecule has 0 radical (unpaired) electrons. The first-order chi connectivity index (χ1) is 6.62. The lowest BCUT2D eigenvalue weighted by Gasteiger charge is -2.09. The predicted molar refractivity (Wildman–Crippen MR) is 54.6 cm³/mol. The van der Waals surface area contributed by atoms with Crippen molar-refractivity contribution in [3.8, 4) is 0 Å². The normalized spacial score (nSPS) is 29.2. The van der Waals surface area contributed by atoms with Crippen LogP contribution in [0.2, 0.25) is 0 Å². The topological polar surface area (TPSA) is 43.8 Å². The van der Waals surface area contributed by atoms with E-state index in [0.29, 0.717) is 5.41 Å². The summed E-state index contributed by atoms with van der Waals surface area (Å²) in [6.07, 6.45) is 6.24. The molecule has 0 aliphatic heterocycles. The van der Waals surface area contributed by atoms with Gasteiger partial charge in [0.1, 0.15) is 0 Å². The Hall–Kier alpha value is -0.830. The van der Waals surface area contributed by atoms with Gasteiger partial charge in [-0.05, 0) is 37.5 Å². The second-order valence-corrected chi connectivity index (χ2v) is 5.04. The van der Waals surface area contributed by atoms with Gasteiger partial charge < -0.3 is 5.73 Å². The summed E-state index contributed by atoms with van der Waals surface area (Å²) in [5, 5.41) is 4.35. The maximum absolute atomic E-state index is 6.28. The van der Waals surface area contributed by atoms with Crippen LogP contribution in [0.3, 0.4) is 0 Å². The molecule has 3 rings (SSSR count). The van der Waals surface area contributed by atoms with Crippen LogP contribution in [0.1, 0.15) is 36.6 Å². The zero-order chi connectivity index (χ0) is 9.92. The Bertz CT molecular complexity index is 376. The standard InChI is InChI=1S/C11H17N3/c1-7-8(6-14(2)13-7)10(12)9-5-11(9)3-4-11/h6,9-10H,3-5,12H2,1-2H3. The van der Waals surface area contributed by atoms with Gasteiger partial charge in [-0.25, -0.2) is 0 Å². The van der Waals surface area contributed by atoms with Crippen LogP contribution in [0.4, 0.5) is 0 Å². The number of nitrogens with two attached hydrogens (primary N) is 1. The minimum Gasteiger partial charge on any atom is -0.324 e. The second-order valence-electron chi connectivity index (χ2n) is 5.04. The van der Waals surface area contributed by atoms with Gasteiger partial charge in [-0.2, -0.15) is 5.10 Å². The van der Waals surface area contributed by atoms with Crippen molar-refractivity contribution in [1.82, 2.24) is 9.78 Å². The molecule has 2 atom stereocenters. The smallest absolute Gasteiger partial charge is 0.0641 e. The van der Waals surface area contributed by atoms with Crippen molar-refractivity contribution in [3.05, 3.63) is 17.5 Å². The SMILES string of the molecule is Cc1nn(C)cc1C(N)C1CC12CC2. The maximum Gasteiger partial charge on any atom is 0.0641 e. The van der Waals surface area contributed by atoms with Gasteiger partial charge in [-0.15, -0.1) is 0 Å². The van der Waals surface area contributed by atoms with Crippen molar-refractivity contribution < 1.29 is 0 Å². The number of aryl methyl sites for hydroxylation is 2. The largest absolute Gasteiger partial charge is 0.324 e. The number of nitrogens with zero attached hydrogens (tertiary/aromatic N) is 2. The van der Waals surface area contributed by atoms with Gasteiger partial charge in [-0.3, -0.25) is 4.68 Å². The van der Waals surface area contributed by atoms with Crippen LogP contribution in [0.25, 0.3) is 0 Å². The molecule has 2 fully saturated rings. The molecule has 2 unspecified atom stereocenters. The Kier molecular flexibility index (Phi) is 1.45. The van der Waals surface area contributed by atoms with Crippen molar-refractivity contribution >= 4 is 0 Å². The van der Waals surface area contributed by atoms with Crippen molar-refractivity contribution in [3.63, 3.8) is 0 Å². The van der Waals surface area contributed by atoms with Gasteiger partial charge in [0.15, 0.2) is 0 Å². The molecular formula is C11H17N3. The molecule has 1 heterocycles. The Labute approximate surface area is 84.3 Å². The molecule has 2 saturated carbocycles. The Morgan fingerprint density at radius 3 is 2.79 bits per heavy atom. The molecule has 1 spiro atoms. The molecule has 2 aliphatic carbocycles. The minimum absolute atomic E-state index is 0.228. The molecule has 14 heavy (non-hydrogen) atoms. The number of hydrogen-bond acceptors (Lipinski definition) is 2. The highest BCUT2D eigenvalue weighted by Crippen LogP contribution is 2.73. The van der Waals surface area contributed by atoms with Crippen molar-refractivity contribution in [2.24, 2.45) is 24.1 Å². The van der Waals surface area contributed by atoms with E-state index in [1.54, 1.807) is 0 Å². The van der Waals surface area contributed by atoms with Gasteiger partial charge in [0.05, 0.1) is 5.69 Å². The lowest BCUT2D eigenvalue weighted by Crippen LogP contribution is -2.14. The van der Waals surface area contributed by atoms with E-state index in [9.17, 15) is 0 Å². The highest BCUT2D eigenvalue weighted by Gasteiger charge is 2.64. The van der Waals surface area contributed by atoms with Gasteiger partial charge in [0.2, 0.25) is 0 Å². The van der Waals surface area contributed by atoms with E-state index in [4.69, 9.17) is 5.73 Å². The molecule has 2 aliphatic rings. The van der Waals surface area contributed by atoms with Crippen molar-refractivity contribution in [2.75, 3.05) is 0 Å². The van der Waals surface area contributed by atoms with E-state index in [0.717, 1.165) is 11.6 Å². The Balaban J connectivity index is 1.84. The second kappa shape index (κ2) is 2.40. The van der Waals surface area contributed by atoms with E-state index in [-0.39, 0.29) is 6.04 Å². The molecule has 3 heteroatoms. The first-order valence-corrected chi connectivity index (χ1v) is 5.38. The van der Waals surface area contributed by atoms with E-state index >= 15 is 0 Å². The Morgan fingerprint density at radius 1 is 1.64 bits per heavy atom. The summed E-state index contributed by atoms with van der Waals surface area (Å²) in [6.45, 7) is 2.05. The van der Waals surface area contributed by atoms with Gasteiger partial charge in [-0.1, -0.05) is 0 Å². The molecule has 1 aromatic rings. The predicted octanol–water partition coefficient (Wildman–Crippen LogP) is 1.53. The fourth-order valence-electron chi connectivity index (χ4n) is 2.78. The number of rotatable bonds is 2. The lowest BCUT2D eigenvalue weighted by molar-refractivity contribution is 0.568. The maximum atomic E-state index is 6.28. The molecule has 2 N–H and O–H groups in total. The summed E-state index contributed by atoms with van der Waals surface area (Å²) in [7, 11) is 1.96. The average Bonchev–Trinajstić information content (AvgIpc) is 3.02. The van der Waals surface area contributed by atoms with E-state index < -0.39 is 0 Å². The number of hydrogen-bond donors (Lipinski definition) is 1. The van der Waals surface area contributed by atoms with Crippen LogP contribution < -0.4 is 5.73 Å². The zero-order valence-corrected chi connectivity index (χ0v) is 8.83. The third kappa shape index (κ3) is 1.05. The van der Waals surface area contributed by atoms with Crippen LogP contribution >= 0.6 is 0 Å². The molecular weight excluding hydrogens is 174 g/mol. The van der Waals surface area contributed by atoms with Crippen LogP contribution in [-0.2, 0) is 7.05 Å². The quantitative estimate of drug-likeness (QED) is 0.770. The summed E-state index contributed by atoms with van der Waals surface area (Å²) in [4.78, 5) is 0. The summed E-state index contributed by atoms with van der Waals surface area (Å²) in [5.41, 5.74) is 9.31. The minimum atomic E-state index is 0.228. The molecule has 0 bridgehead atoms. The molecule has 0 saturated heterocycles. The van der Waals surface area contributed by atoms with Crippen molar-refractivity contribution in [2.45, 2.75) is 32.2 Å². The highest BCUT2D eigenvalue weighted by atomic mass is 15.3. The summed E-state index contributed by atoms with van der Waals surface area (Å²) in [6, 6.07) is 0.228. The highest BCUT2D eigenvalue weighted by molar-refractivity contribution is 5.27. The third-order valence-corrected chi connectivity index (χ3v) is 3.99. The lowest BCUT2D eigenvalue weighted by atomic mass is 10.0. The average molecular weight is 191 g/mol. The van der Waals surface area contributed by atoms with E-state index in [1.165, 1.54) is 24.8 Å². The first-order valence-electron chi connectivity index (χ1n) is 5.38. The molecule has 0 amide bonds.